The standard InChI is InChI=1S/C19H18ClN3O3S2/c1-23(2)28(25,26)15-9-7-13(8-10-15)21-18(24)11-14-12-27-19(22-14)16-5-3-4-6-17(16)20/h3-10,12H,11H2,1-2H3,(H,21,24). The highest BCUT2D eigenvalue weighted by atomic mass is 35.5. The van der Waals surface area contributed by atoms with Gasteiger partial charge in [0, 0.05) is 30.7 Å². The molecule has 0 bridgehead atoms. The summed E-state index contributed by atoms with van der Waals surface area (Å²) >= 11 is 7.61. The van der Waals surface area contributed by atoms with Gasteiger partial charge in [0.2, 0.25) is 15.9 Å². The van der Waals surface area contributed by atoms with Gasteiger partial charge in [-0.25, -0.2) is 17.7 Å². The summed E-state index contributed by atoms with van der Waals surface area (Å²) < 4.78 is 25.3. The van der Waals surface area contributed by atoms with E-state index in [4.69, 9.17) is 11.6 Å². The fraction of sp³-hybridized carbons (Fsp3) is 0.158. The zero-order valence-electron chi connectivity index (χ0n) is 15.2. The zero-order chi connectivity index (χ0) is 20.3. The van der Waals surface area contributed by atoms with Crippen LogP contribution in [0.2, 0.25) is 5.02 Å². The number of amides is 1. The van der Waals surface area contributed by atoms with E-state index in [1.165, 1.54) is 37.6 Å². The second-order valence-electron chi connectivity index (χ2n) is 6.16. The van der Waals surface area contributed by atoms with Crippen molar-refractivity contribution in [1.29, 1.82) is 0 Å². The third kappa shape index (κ3) is 4.59. The Balaban J connectivity index is 1.66. The molecule has 0 spiro atoms. The number of anilines is 1. The van der Waals surface area contributed by atoms with Crippen LogP contribution in [0.3, 0.4) is 0 Å². The minimum Gasteiger partial charge on any atom is -0.326 e. The molecule has 1 amide bonds. The smallest absolute Gasteiger partial charge is 0.242 e. The van der Waals surface area contributed by atoms with Gasteiger partial charge in [-0.1, -0.05) is 29.8 Å². The SMILES string of the molecule is CN(C)S(=O)(=O)c1ccc(NC(=O)Cc2csc(-c3ccccc3Cl)n2)cc1. The molecule has 1 N–H and O–H groups in total. The quantitative estimate of drug-likeness (QED) is 0.636. The zero-order valence-corrected chi connectivity index (χ0v) is 17.6. The number of thiazole rings is 1. The van der Waals surface area contributed by atoms with E-state index in [2.05, 4.69) is 10.3 Å². The first-order valence-corrected chi connectivity index (χ1v) is 11.0. The lowest BCUT2D eigenvalue weighted by Crippen LogP contribution is -2.22. The molecule has 9 heteroatoms. The van der Waals surface area contributed by atoms with Crippen LogP contribution in [0.25, 0.3) is 10.6 Å². The molecule has 0 saturated carbocycles. The molecule has 0 aliphatic heterocycles. The molecule has 3 rings (SSSR count). The van der Waals surface area contributed by atoms with Crippen molar-refractivity contribution in [2.75, 3.05) is 19.4 Å². The van der Waals surface area contributed by atoms with Crippen molar-refractivity contribution < 1.29 is 13.2 Å². The highest BCUT2D eigenvalue weighted by Crippen LogP contribution is 2.30. The van der Waals surface area contributed by atoms with Crippen molar-refractivity contribution in [1.82, 2.24) is 9.29 Å². The number of sulfonamides is 1. The van der Waals surface area contributed by atoms with E-state index in [0.717, 1.165) is 14.9 Å². The third-order valence-electron chi connectivity index (χ3n) is 3.91. The van der Waals surface area contributed by atoms with Gasteiger partial charge in [-0.2, -0.15) is 0 Å². The van der Waals surface area contributed by atoms with Crippen LogP contribution >= 0.6 is 22.9 Å². The second kappa shape index (κ2) is 8.40. The van der Waals surface area contributed by atoms with E-state index in [0.29, 0.717) is 16.4 Å². The molecule has 6 nitrogen and oxygen atoms in total. The highest BCUT2D eigenvalue weighted by molar-refractivity contribution is 7.89. The number of rotatable bonds is 6. The number of halogens is 1. The number of nitrogens with one attached hydrogen (secondary N) is 1. The van der Waals surface area contributed by atoms with Gasteiger partial charge >= 0.3 is 0 Å². The number of nitrogens with zero attached hydrogens (tertiary/aromatic N) is 2. The molecule has 0 radical (unpaired) electrons. The van der Waals surface area contributed by atoms with E-state index in [1.54, 1.807) is 18.2 Å². The van der Waals surface area contributed by atoms with E-state index in [1.807, 2.05) is 23.6 Å². The number of hydrogen-bond acceptors (Lipinski definition) is 5. The summed E-state index contributed by atoms with van der Waals surface area (Å²) in [6.07, 6.45) is 0.110. The fourth-order valence-corrected chi connectivity index (χ4v) is 4.48. The largest absolute Gasteiger partial charge is 0.326 e. The Hall–Kier alpha value is -2.26. The number of benzene rings is 2. The summed E-state index contributed by atoms with van der Waals surface area (Å²) in [5.41, 5.74) is 1.99. The van der Waals surface area contributed by atoms with Crippen molar-refractivity contribution in [3.8, 4) is 10.6 Å². The van der Waals surface area contributed by atoms with E-state index in [9.17, 15) is 13.2 Å². The van der Waals surface area contributed by atoms with Gasteiger partial charge in [0.05, 0.1) is 22.0 Å². The number of carbonyl (C=O) groups is 1. The van der Waals surface area contributed by atoms with Crippen molar-refractivity contribution >= 4 is 44.6 Å². The summed E-state index contributed by atoms with van der Waals surface area (Å²) in [7, 11) is -0.561. The lowest BCUT2D eigenvalue weighted by Gasteiger charge is -2.11. The Bertz CT molecular complexity index is 1090. The maximum Gasteiger partial charge on any atom is 0.242 e. The monoisotopic (exact) mass is 435 g/mol. The number of hydrogen-bond donors (Lipinski definition) is 1. The van der Waals surface area contributed by atoms with E-state index >= 15 is 0 Å². The molecule has 0 saturated heterocycles. The molecule has 0 aliphatic carbocycles. The Kier molecular flexibility index (Phi) is 6.14. The van der Waals surface area contributed by atoms with Crippen molar-refractivity contribution in [3.05, 3.63) is 64.6 Å². The summed E-state index contributed by atoms with van der Waals surface area (Å²) in [5.74, 6) is -0.237. The highest BCUT2D eigenvalue weighted by Gasteiger charge is 2.17. The first-order valence-electron chi connectivity index (χ1n) is 8.29. The molecule has 1 heterocycles. The van der Waals surface area contributed by atoms with Gasteiger partial charge in [-0.15, -0.1) is 11.3 Å². The topological polar surface area (TPSA) is 79.4 Å². The summed E-state index contributed by atoms with van der Waals surface area (Å²) in [6.45, 7) is 0. The van der Waals surface area contributed by atoms with Gasteiger partial charge in [0.1, 0.15) is 5.01 Å². The lowest BCUT2D eigenvalue weighted by molar-refractivity contribution is -0.115. The molecule has 146 valence electrons. The van der Waals surface area contributed by atoms with Crippen LogP contribution < -0.4 is 5.32 Å². The molecular weight excluding hydrogens is 418 g/mol. The minimum atomic E-state index is -3.50. The van der Waals surface area contributed by atoms with Crippen LogP contribution in [0.1, 0.15) is 5.69 Å². The van der Waals surface area contributed by atoms with Crippen LogP contribution in [0.15, 0.2) is 58.8 Å². The summed E-state index contributed by atoms with van der Waals surface area (Å²) in [4.78, 5) is 16.9. The molecule has 2 aromatic carbocycles. The Morgan fingerprint density at radius 3 is 2.46 bits per heavy atom. The maximum absolute atomic E-state index is 12.3. The Morgan fingerprint density at radius 1 is 1.14 bits per heavy atom. The molecule has 0 atom stereocenters. The van der Waals surface area contributed by atoms with Gasteiger partial charge in [-0.3, -0.25) is 4.79 Å². The molecule has 28 heavy (non-hydrogen) atoms. The first-order chi connectivity index (χ1) is 13.3. The first kappa shape index (κ1) is 20.5. The third-order valence-corrected chi connectivity index (χ3v) is 7.00. The van der Waals surface area contributed by atoms with Crippen LogP contribution in [0, 0.1) is 0 Å². The summed E-state index contributed by atoms with van der Waals surface area (Å²) in [5, 5.41) is 5.94. The molecule has 0 unspecified atom stereocenters. The minimum absolute atomic E-state index is 0.110. The normalized spacial score (nSPS) is 11.6. The van der Waals surface area contributed by atoms with Gasteiger partial charge in [0.15, 0.2) is 0 Å². The average Bonchev–Trinajstić information content (AvgIpc) is 3.10. The van der Waals surface area contributed by atoms with Crippen LogP contribution in [-0.4, -0.2) is 37.7 Å². The molecule has 3 aromatic rings. The predicted octanol–water partition coefficient (Wildman–Crippen LogP) is 3.90. The molecule has 0 fully saturated rings. The lowest BCUT2D eigenvalue weighted by atomic mass is 10.2. The molecular formula is C19H18ClN3O3S2. The fourth-order valence-electron chi connectivity index (χ4n) is 2.44. The number of aromatic nitrogens is 1. The van der Waals surface area contributed by atoms with Crippen LogP contribution in [0.5, 0.6) is 0 Å². The second-order valence-corrected chi connectivity index (χ2v) is 9.58. The Morgan fingerprint density at radius 2 is 1.82 bits per heavy atom. The number of carbonyl (C=O) groups excluding carboxylic acids is 1. The van der Waals surface area contributed by atoms with Crippen LogP contribution in [-0.2, 0) is 21.2 Å². The van der Waals surface area contributed by atoms with Crippen molar-refractivity contribution in [2.45, 2.75) is 11.3 Å². The van der Waals surface area contributed by atoms with Gasteiger partial charge in [-0.05, 0) is 30.3 Å². The van der Waals surface area contributed by atoms with Gasteiger partial charge in [0.25, 0.3) is 0 Å². The van der Waals surface area contributed by atoms with Gasteiger partial charge < -0.3 is 5.32 Å². The summed E-state index contributed by atoms with van der Waals surface area (Å²) in [6, 6.07) is 13.5. The molecule has 1 aromatic heterocycles. The molecule has 0 aliphatic rings. The van der Waals surface area contributed by atoms with Crippen LogP contribution in [0.4, 0.5) is 5.69 Å². The Labute approximate surface area is 172 Å². The average molecular weight is 436 g/mol. The van der Waals surface area contributed by atoms with Crippen molar-refractivity contribution in [3.63, 3.8) is 0 Å². The van der Waals surface area contributed by atoms with E-state index < -0.39 is 10.0 Å². The van der Waals surface area contributed by atoms with Crippen molar-refractivity contribution in [2.24, 2.45) is 0 Å². The predicted molar refractivity (Wildman–Crippen MR) is 112 cm³/mol. The maximum atomic E-state index is 12.3. The van der Waals surface area contributed by atoms with E-state index in [-0.39, 0.29) is 17.2 Å².